The molecule has 1 rings (SSSR count). The van der Waals surface area contributed by atoms with Crippen LogP contribution in [0.1, 0.15) is 31.4 Å². The van der Waals surface area contributed by atoms with Crippen LogP contribution in [-0.2, 0) is 25.6 Å². The number of unbranched alkanes of at least 4 members (excludes halogenated alkanes) is 1. The molecule has 2 amide bonds. The standard InChI is InChI=1S/C16H26N6O6/c17-4-2-1-3-11(15(26)22-12(16(27)28)6-13(23)24)21-14(25)10(18)5-9-7-19-8-20-9/h7-8,10-12H,1-6,17-18H2,(H,19,20)(H,21,25)(H,22,26)(H,23,24)(H,27,28)/t10-,11+,12-/m0/s1. The van der Waals surface area contributed by atoms with Crippen molar-refractivity contribution in [3.05, 3.63) is 18.2 Å². The number of aromatic nitrogens is 2. The monoisotopic (exact) mass is 398 g/mol. The van der Waals surface area contributed by atoms with Gasteiger partial charge in [0.25, 0.3) is 0 Å². The molecule has 0 aliphatic carbocycles. The number of imidazole rings is 1. The lowest BCUT2D eigenvalue weighted by atomic mass is 10.1. The average Bonchev–Trinajstić information content (AvgIpc) is 3.12. The summed E-state index contributed by atoms with van der Waals surface area (Å²) >= 11 is 0. The highest BCUT2D eigenvalue weighted by atomic mass is 16.4. The molecule has 28 heavy (non-hydrogen) atoms. The van der Waals surface area contributed by atoms with Gasteiger partial charge in [-0.05, 0) is 25.8 Å². The topological polar surface area (TPSA) is 214 Å². The Balaban J connectivity index is 2.76. The van der Waals surface area contributed by atoms with Crippen LogP contribution in [0.25, 0.3) is 0 Å². The zero-order valence-corrected chi connectivity index (χ0v) is 15.3. The van der Waals surface area contributed by atoms with E-state index in [1.165, 1.54) is 6.33 Å². The lowest BCUT2D eigenvalue weighted by molar-refractivity contribution is -0.147. The van der Waals surface area contributed by atoms with Gasteiger partial charge in [0.15, 0.2) is 0 Å². The third-order valence-electron chi connectivity index (χ3n) is 3.89. The van der Waals surface area contributed by atoms with Gasteiger partial charge in [0.2, 0.25) is 11.8 Å². The maximum atomic E-state index is 12.4. The maximum Gasteiger partial charge on any atom is 0.326 e. The van der Waals surface area contributed by atoms with E-state index in [0.29, 0.717) is 25.1 Å². The molecule has 0 aliphatic rings. The molecule has 3 atom stereocenters. The van der Waals surface area contributed by atoms with Crippen molar-refractivity contribution >= 4 is 23.8 Å². The Hall–Kier alpha value is -2.99. The molecule has 0 saturated heterocycles. The summed E-state index contributed by atoms with van der Waals surface area (Å²) < 4.78 is 0. The quantitative estimate of drug-likeness (QED) is 0.182. The van der Waals surface area contributed by atoms with E-state index in [1.807, 2.05) is 0 Å². The predicted molar refractivity (Wildman–Crippen MR) is 96.9 cm³/mol. The summed E-state index contributed by atoms with van der Waals surface area (Å²) in [6.07, 6.45) is 3.67. The van der Waals surface area contributed by atoms with Crippen LogP contribution < -0.4 is 22.1 Å². The molecule has 156 valence electrons. The third kappa shape index (κ3) is 8.14. The molecule has 0 unspecified atom stereocenters. The Bertz CT molecular complexity index is 665. The van der Waals surface area contributed by atoms with Gasteiger partial charge in [0.05, 0.1) is 24.5 Å². The first kappa shape index (κ1) is 23.0. The summed E-state index contributed by atoms with van der Waals surface area (Å²) in [6.45, 7) is 0.387. The number of nitrogens with one attached hydrogen (secondary N) is 3. The van der Waals surface area contributed by atoms with Crippen LogP contribution in [0.2, 0.25) is 0 Å². The van der Waals surface area contributed by atoms with Crippen molar-refractivity contribution in [3.63, 3.8) is 0 Å². The van der Waals surface area contributed by atoms with E-state index < -0.39 is 48.3 Å². The molecular weight excluding hydrogens is 372 g/mol. The molecule has 0 aliphatic heterocycles. The van der Waals surface area contributed by atoms with Gasteiger partial charge in [-0.3, -0.25) is 14.4 Å². The van der Waals surface area contributed by atoms with Crippen LogP contribution >= 0.6 is 0 Å². The van der Waals surface area contributed by atoms with Crippen molar-refractivity contribution in [3.8, 4) is 0 Å². The van der Waals surface area contributed by atoms with Crippen LogP contribution in [0.3, 0.4) is 0 Å². The lowest BCUT2D eigenvalue weighted by Crippen LogP contribution is -2.55. The number of nitrogens with zero attached hydrogens (tertiary/aromatic N) is 1. The van der Waals surface area contributed by atoms with Crippen LogP contribution in [-0.4, -0.2) is 68.6 Å². The summed E-state index contributed by atoms with van der Waals surface area (Å²) in [4.78, 5) is 53.4. The maximum absolute atomic E-state index is 12.4. The van der Waals surface area contributed by atoms with E-state index in [1.54, 1.807) is 6.20 Å². The van der Waals surface area contributed by atoms with E-state index >= 15 is 0 Å². The molecule has 1 aromatic rings. The molecule has 12 nitrogen and oxygen atoms in total. The number of aromatic amines is 1. The number of hydrogen-bond acceptors (Lipinski definition) is 7. The molecule has 1 aromatic heterocycles. The second-order valence-electron chi connectivity index (χ2n) is 6.21. The summed E-state index contributed by atoms with van der Waals surface area (Å²) in [5.74, 6) is -4.28. The van der Waals surface area contributed by atoms with E-state index in [0.717, 1.165) is 0 Å². The number of aliphatic carboxylic acids is 2. The molecule has 0 radical (unpaired) electrons. The first-order valence-electron chi connectivity index (χ1n) is 8.73. The molecular formula is C16H26N6O6. The van der Waals surface area contributed by atoms with Crippen LogP contribution in [0.5, 0.6) is 0 Å². The van der Waals surface area contributed by atoms with Crippen LogP contribution in [0.15, 0.2) is 12.5 Å². The van der Waals surface area contributed by atoms with Gasteiger partial charge in [-0.15, -0.1) is 0 Å². The predicted octanol–water partition coefficient (Wildman–Crippen LogP) is -2.06. The van der Waals surface area contributed by atoms with Crippen LogP contribution in [0, 0.1) is 0 Å². The minimum atomic E-state index is -1.61. The van der Waals surface area contributed by atoms with Crippen molar-refractivity contribution in [2.24, 2.45) is 11.5 Å². The number of H-pyrrole nitrogens is 1. The Morgan fingerprint density at radius 2 is 1.79 bits per heavy atom. The number of rotatable bonds is 13. The van der Waals surface area contributed by atoms with Crippen molar-refractivity contribution in [2.45, 2.75) is 50.2 Å². The van der Waals surface area contributed by atoms with Crippen molar-refractivity contribution in [1.29, 1.82) is 0 Å². The smallest absolute Gasteiger partial charge is 0.326 e. The summed E-state index contributed by atoms with van der Waals surface area (Å²) in [5.41, 5.74) is 11.8. The number of nitrogens with two attached hydrogens (primary N) is 2. The number of amides is 2. The molecule has 9 N–H and O–H groups in total. The molecule has 12 heteroatoms. The average molecular weight is 398 g/mol. The minimum absolute atomic E-state index is 0.142. The second-order valence-corrected chi connectivity index (χ2v) is 6.21. The highest BCUT2D eigenvalue weighted by molar-refractivity contribution is 5.92. The molecule has 0 saturated carbocycles. The fraction of sp³-hybridized carbons (Fsp3) is 0.562. The Labute approximate surface area is 161 Å². The van der Waals surface area contributed by atoms with Gasteiger partial charge in [-0.2, -0.15) is 0 Å². The van der Waals surface area contributed by atoms with Gasteiger partial charge in [-0.1, -0.05) is 0 Å². The SMILES string of the molecule is NCCCC[C@@H](NC(=O)[C@@H](N)Cc1c[nH]cn1)C(=O)N[C@@H](CC(=O)O)C(=O)O. The van der Waals surface area contributed by atoms with Crippen molar-refractivity contribution < 1.29 is 29.4 Å². The molecule has 1 heterocycles. The zero-order valence-electron chi connectivity index (χ0n) is 15.3. The number of hydrogen-bond donors (Lipinski definition) is 7. The molecule has 0 aromatic carbocycles. The Kier molecular flexibility index (Phi) is 9.60. The summed E-state index contributed by atoms with van der Waals surface area (Å²) in [7, 11) is 0. The molecule has 0 bridgehead atoms. The fourth-order valence-electron chi connectivity index (χ4n) is 2.41. The van der Waals surface area contributed by atoms with Gasteiger partial charge in [-0.25, -0.2) is 9.78 Å². The largest absolute Gasteiger partial charge is 0.481 e. The Morgan fingerprint density at radius 3 is 2.32 bits per heavy atom. The lowest BCUT2D eigenvalue weighted by Gasteiger charge is -2.22. The first-order chi connectivity index (χ1) is 13.2. The molecule has 0 spiro atoms. The van der Waals surface area contributed by atoms with E-state index in [2.05, 4.69) is 20.6 Å². The van der Waals surface area contributed by atoms with Gasteiger partial charge in [0.1, 0.15) is 12.1 Å². The van der Waals surface area contributed by atoms with Gasteiger partial charge >= 0.3 is 11.9 Å². The second kappa shape index (κ2) is 11.7. The molecule has 0 fully saturated rings. The first-order valence-corrected chi connectivity index (χ1v) is 8.73. The van der Waals surface area contributed by atoms with E-state index in [9.17, 15) is 19.2 Å². The summed E-state index contributed by atoms with van der Waals surface area (Å²) in [6, 6.07) is -3.65. The van der Waals surface area contributed by atoms with Crippen LogP contribution in [0.4, 0.5) is 0 Å². The van der Waals surface area contributed by atoms with Gasteiger partial charge in [0, 0.05) is 12.6 Å². The van der Waals surface area contributed by atoms with Crippen molar-refractivity contribution in [1.82, 2.24) is 20.6 Å². The number of carbonyl (C=O) groups is 4. The third-order valence-corrected chi connectivity index (χ3v) is 3.89. The minimum Gasteiger partial charge on any atom is -0.481 e. The van der Waals surface area contributed by atoms with Gasteiger partial charge < -0.3 is 37.3 Å². The number of carboxylic acids is 2. The Morgan fingerprint density at radius 1 is 1.11 bits per heavy atom. The van der Waals surface area contributed by atoms with Crippen molar-refractivity contribution in [2.75, 3.05) is 6.54 Å². The fourth-order valence-corrected chi connectivity index (χ4v) is 2.41. The summed E-state index contributed by atoms with van der Waals surface area (Å²) in [5, 5.41) is 22.5. The highest BCUT2D eigenvalue weighted by Gasteiger charge is 2.29. The van der Waals surface area contributed by atoms with E-state index in [4.69, 9.17) is 21.7 Å². The van der Waals surface area contributed by atoms with E-state index in [-0.39, 0.29) is 12.8 Å². The normalized spacial score (nSPS) is 13.9. The number of carbonyl (C=O) groups excluding carboxylic acids is 2. The highest BCUT2D eigenvalue weighted by Crippen LogP contribution is 2.04. The zero-order chi connectivity index (χ0) is 21.1. The number of carboxylic acid groups (broad SMARTS) is 2.